The van der Waals surface area contributed by atoms with Crippen LogP contribution in [0.2, 0.25) is 0 Å². The van der Waals surface area contributed by atoms with E-state index in [0.717, 1.165) is 45.3 Å². The summed E-state index contributed by atoms with van der Waals surface area (Å²) in [7, 11) is 0. The van der Waals surface area contributed by atoms with Gasteiger partial charge in [0.25, 0.3) is 0 Å². The van der Waals surface area contributed by atoms with Crippen LogP contribution in [-0.4, -0.2) is 50.5 Å². The van der Waals surface area contributed by atoms with Gasteiger partial charge in [0.2, 0.25) is 0 Å². The minimum absolute atomic E-state index is 0.0931. The second kappa shape index (κ2) is 5.32. The van der Waals surface area contributed by atoms with Crippen LogP contribution in [0.25, 0.3) is 0 Å². The third-order valence-electron chi connectivity index (χ3n) is 5.57. The molecule has 0 amide bonds. The summed E-state index contributed by atoms with van der Waals surface area (Å²) in [5, 5.41) is 10.4. The van der Waals surface area contributed by atoms with Crippen LogP contribution in [0.5, 0.6) is 0 Å². The van der Waals surface area contributed by atoms with Crippen molar-refractivity contribution in [2.45, 2.75) is 69.2 Å². The second-order valence-corrected chi connectivity index (χ2v) is 7.71. The zero-order valence-corrected chi connectivity index (χ0v) is 13.5. The Hall–Kier alpha value is -0.910. The number of ether oxygens (including phenoxy) is 1. The van der Waals surface area contributed by atoms with Gasteiger partial charge in [0.05, 0.1) is 24.4 Å². The van der Waals surface area contributed by atoms with E-state index in [0.29, 0.717) is 12.6 Å². The summed E-state index contributed by atoms with van der Waals surface area (Å²) in [5.74, 6) is 1.20. The molecule has 1 atom stereocenters. The topological polar surface area (TPSA) is 50.5 Å². The number of likely N-dealkylation sites (tertiary alicyclic amines) is 1. The average molecular weight is 305 g/mol. The fourth-order valence-corrected chi connectivity index (χ4v) is 4.11. The molecule has 1 N–H and O–H groups in total. The van der Waals surface area contributed by atoms with Crippen LogP contribution in [0.15, 0.2) is 12.4 Å². The van der Waals surface area contributed by atoms with Gasteiger partial charge in [-0.05, 0) is 39.0 Å². The number of aliphatic hydroxyl groups is 1. The molecule has 2 aliphatic heterocycles. The summed E-state index contributed by atoms with van der Waals surface area (Å²) >= 11 is 0. The summed E-state index contributed by atoms with van der Waals surface area (Å²) in [6, 6.07) is 0.699. The number of hydrogen-bond acceptors (Lipinski definition) is 4. The Labute approximate surface area is 132 Å². The largest absolute Gasteiger partial charge is 0.390 e. The molecule has 5 heteroatoms. The molecule has 0 radical (unpaired) electrons. The molecule has 22 heavy (non-hydrogen) atoms. The Bertz CT molecular complexity index is 528. The van der Waals surface area contributed by atoms with Crippen molar-refractivity contribution in [3.63, 3.8) is 0 Å². The summed E-state index contributed by atoms with van der Waals surface area (Å²) in [5.41, 5.74) is -0.646. The summed E-state index contributed by atoms with van der Waals surface area (Å²) < 4.78 is 8.44. The lowest BCUT2D eigenvalue weighted by atomic mass is 9.78. The molecular formula is C17H27N3O2. The number of piperidine rings is 1. The lowest BCUT2D eigenvalue weighted by Crippen LogP contribution is -2.53. The Morgan fingerprint density at radius 1 is 1.32 bits per heavy atom. The first kappa shape index (κ1) is 14.7. The standard InChI is InChI=1S/C17H27N3O2/c1-16(21)6-11-22-17(13-16)4-8-19(9-5-17)12-15-18-7-10-20(15)14-2-3-14/h7,10,14,21H,2-6,8-9,11-13H2,1H3. The van der Waals surface area contributed by atoms with Gasteiger partial charge in [-0.3, -0.25) is 4.90 Å². The first-order valence-electron chi connectivity index (χ1n) is 8.66. The normalized spacial score (nSPS) is 32.5. The van der Waals surface area contributed by atoms with Crippen molar-refractivity contribution in [1.29, 1.82) is 0 Å². The summed E-state index contributed by atoms with van der Waals surface area (Å²) in [4.78, 5) is 7.03. The summed E-state index contributed by atoms with van der Waals surface area (Å²) in [6.45, 7) is 5.66. The quantitative estimate of drug-likeness (QED) is 0.929. The second-order valence-electron chi connectivity index (χ2n) is 7.71. The maximum Gasteiger partial charge on any atom is 0.123 e. The predicted octanol–water partition coefficient (Wildman–Crippen LogP) is 2.11. The fraction of sp³-hybridized carbons (Fsp3) is 0.824. The maximum atomic E-state index is 10.4. The molecule has 4 rings (SSSR count). The minimum atomic E-state index is -0.553. The highest BCUT2D eigenvalue weighted by atomic mass is 16.5. The van der Waals surface area contributed by atoms with Crippen molar-refractivity contribution in [3.8, 4) is 0 Å². The van der Waals surface area contributed by atoms with Gasteiger partial charge >= 0.3 is 0 Å². The van der Waals surface area contributed by atoms with Gasteiger partial charge in [-0.15, -0.1) is 0 Å². The average Bonchev–Trinajstić information content (AvgIpc) is 3.21. The molecule has 0 bridgehead atoms. The molecule has 1 spiro atoms. The van der Waals surface area contributed by atoms with Crippen molar-refractivity contribution in [2.24, 2.45) is 0 Å². The van der Waals surface area contributed by atoms with E-state index in [-0.39, 0.29) is 5.60 Å². The number of nitrogens with zero attached hydrogens (tertiary/aromatic N) is 3. The highest BCUT2D eigenvalue weighted by Crippen LogP contribution is 2.40. The molecule has 1 saturated carbocycles. The molecule has 3 fully saturated rings. The van der Waals surface area contributed by atoms with Gasteiger partial charge < -0.3 is 14.4 Å². The Morgan fingerprint density at radius 3 is 2.77 bits per heavy atom. The van der Waals surface area contributed by atoms with Crippen molar-refractivity contribution in [1.82, 2.24) is 14.5 Å². The van der Waals surface area contributed by atoms with Gasteiger partial charge in [0.15, 0.2) is 0 Å². The van der Waals surface area contributed by atoms with Gasteiger partial charge in [0, 0.05) is 37.9 Å². The van der Waals surface area contributed by atoms with Crippen LogP contribution in [0.1, 0.15) is 57.3 Å². The van der Waals surface area contributed by atoms with Crippen molar-refractivity contribution in [3.05, 3.63) is 18.2 Å². The van der Waals surface area contributed by atoms with Crippen LogP contribution in [0, 0.1) is 0 Å². The zero-order valence-electron chi connectivity index (χ0n) is 13.5. The molecule has 5 nitrogen and oxygen atoms in total. The first-order chi connectivity index (χ1) is 10.6. The van der Waals surface area contributed by atoms with Crippen molar-refractivity contribution < 1.29 is 9.84 Å². The molecule has 1 aromatic heterocycles. The molecule has 1 unspecified atom stereocenters. The predicted molar refractivity (Wildman–Crippen MR) is 83.5 cm³/mol. The van der Waals surface area contributed by atoms with E-state index in [4.69, 9.17) is 4.74 Å². The smallest absolute Gasteiger partial charge is 0.123 e. The van der Waals surface area contributed by atoms with E-state index in [1.54, 1.807) is 0 Å². The molecule has 2 saturated heterocycles. The third kappa shape index (κ3) is 2.94. The SMILES string of the molecule is CC1(O)CCOC2(CCN(Cc3nccn3C3CC3)CC2)C1. The van der Waals surface area contributed by atoms with E-state index >= 15 is 0 Å². The zero-order chi connectivity index (χ0) is 15.2. The maximum absolute atomic E-state index is 10.4. The Morgan fingerprint density at radius 2 is 2.09 bits per heavy atom. The fourth-order valence-electron chi connectivity index (χ4n) is 4.11. The highest BCUT2D eigenvalue weighted by Gasteiger charge is 2.44. The van der Waals surface area contributed by atoms with Gasteiger partial charge in [-0.2, -0.15) is 0 Å². The van der Waals surface area contributed by atoms with Crippen LogP contribution < -0.4 is 0 Å². The molecule has 1 aliphatic carbocycles. The summed E-state index contributed by atoms with van der Waals surface area (Å²) in [6.07, 6.45) is 10.2. The lowest BCUT2D eigenvalue weighted by Gasteiger charge is -2.48. The molecule has 122 valence electrons. The van der Waals surface area contributed by atoms with Crippen molar-refractivity contribution >= 4 is 0 Å². The highest BCUT2D eigenvalue weighted by molar-refractivity contribution is 5.01. The van der Waals surface area contributed by atoms with Gasteiger partial charge in [0.1, 0.15) is 5.82 Å². The van der Waals surface area contributed by atoms with E-state index in [2.05, 4.69) is 20.6 Å². The Balaban J connectivity index is 1.36. The van der Waals surface area contributed by atoms with Crippen molar-refractivity contribution in [2.75, 3.05) is 19.7 Å². The first-order valence-corrected chi connectivity index (χ1v) is 8.66. The molecular weight excluding hydrogens is 278 g/mol. The minimum Gasteiger partial charge on any atom is -0.390 e. The lowest BCUT2D eigenvalue weighted by molar-refractivity contribution is -0.173. The number of aromatic nitrogens is 2. The van der Waals surface area contributed by atoms with E-state index in [9.17, 15) is 5.11 Å². The van der Waals surface area contributed by atoms with E-state index < -0.39 is 5.60 Å². The third-order valence-corrected chi connectivity index (χ3v) is 5.57. The number of rotatable bonds is 3. The number of hydrogen-bond donors (Lipinski definition) is 1. The van der Waals surface area contributed by atoms with Crippen LogP contribution in [0.3, 0.4) is 0 Å². The van der Waals surface area contributed by atoms with E-state index in [1.165, 1.54) is 18.7 Å². The number of imidazole rings is 1. The molecule has 0 aromatic carbocycles. The van der Waals surface area contributed by atoms with Crippen LogP contribution >= 0.6 is 0 Å². The molecule has 3 aliphatic rings. The van der Waals surface area contributed by atoms with Gasteiger partial charge in [-0.25, -0.2) is 4.98 Å². The van der Waals surface area contributed by atoms with Crippen LogP contribution in [-0.2, 0) is 11.3 Å². The van der Waals surface area contributed by atoms with E-state index in [1.807, 2.05) is 13.1 Å². The Kier molecular flexibility index (Phi) is 3.55. The molecule has 1 aromatic rings. The van der Waals surface area contributed by atoms with Crippen LogP contribution in [0.4, 0.5) is 0 Å². The monoisotopic (exact) mass is 305 g/mol. The molecule has 3 heterocycles. The van der Waals surface area contributed by atoms with Gasteiger partial charge in [-0.1, -0.05) is 0 Å².